The minimum Gasteiger partial charge on any atom is -0.456 e. The highest BCUT2D eigenvalue weighted by Gasteiger charge is 2.42. The Morgan fingerprint density at radius 2 is 1.94 bits per heavy atom. The van der Waals surface area contributed by atoms with Crippen LogP contribution in [0.25, 0.3) is 11.2 Å². The van der Waals surface area contributed by atoms with E-state index in [1.54, 1.807) is 0 Å². The molecule has 1 aromatic carbocycles. The lowest BCUT2D eigenvalue weighted by atomic mass is 10.1. The van der Waals surface area contributed by atoms with Gasteiger partial charge in [0.2, 0.25) is 0 Å². The van der Waals surface area contributed by atoms with E-state index in [1.807, 2.05) is 6.92 Å². The second-order valence-corrected chi connectivity index (χ2v) is 7.84. The molecule has 4 rings (SSSR count). The van der Waals surface area contributed by atoms with Crippen LogP contribution >= 0.6 is 0 Å². The third-order valence-corrected chi connectivity index (χ3v) is 5.66. The van der Waals surface area contributed by atoms with Crippen molar-refractivity contribution in [3.05, 3.63) is 66.1 Å². The molecular weight excluding hydrogens is 464 g/mol. The number of esters is 1. The highest BCUT2D eigenvalue weighted by Crippen LogP contribution is 2.30. The zero-order valence-electron chi connectivity index (χ0n) is 18.8. The van der Waals surface area contributed by atoms with Gasteiger partial charge in [0.1, 0.15) is 24.5 Å². The number of aromatic nitrogens is 4. The van der Waals surface area contributed by atoms with Gasteiger partial charge in [-0.1, -0.05) is 19.4 Å². The molecule has 3 heterocycles. The number of rotatable bonds is 8. The van der Waals surface area contributed by atoms with Crippen LogP contribution in [0.2, 0.25) is 0 Å². The number of H-pyrrole nitrogens is 1. The number of unbranched alkanes of at least 4 members (excludes halogenated alkanes) is 1. The van der Waals surface area contributed by atoms with Crippen LogP contribution in [-0.2, 0) is 29.7 Å². The number of nitro groups is 1. The standard InChI is InChI=1S/C21H20N6O8/c1-3-4-8-25-17-16(18(29)23-21(25)32)24(2)13(22-17)10-35-14(28)9-26-19(30)11-6-5-7-12(27(33)34)15(11)20(26)31/h5-7H,3-4,8-10H2,1-2H3,(H,23,29,32). The van der Waals surface area contributed by atoms with Crippen molar-refractivity contribution in [3.63, 3.8) is 0 Å². The van der Waals surface area contributed by atoms with E-state index in [2.05, 4.69) is 9.97 Å². The van der Waals surface area contributed by atoms with Gasteiger partial charge in [0.15, 0.2) is 11.2 Å². The van der Waals surface area contributed by atoms with Gasteiger partial charge < -0.3 is 9.30 Å². The van der Waals surface area contributed by atoms with Crippen molar-refractivity contribution in [3.8, 4) is 0 Å². The normalized spacial score (nSPS) is 12.9. The molecule has 182 valence electrons. The largest absolute Gasteiger partial charge is 0.456 e. The molecule has 0 atom stereocenters. The molecule has 0 aliphatic carbocycles. The van der Waals surface area contributed by atoms with Crippen molar-refractivity contribution < 1.29 is 24.0 Å². The predicted octanol–water partition coefficient (Wildman–Crippen LogP) is 0.471. The molecule has 1 aliphatic heterocycles. The van der Waals surface area contributed by atoms with E-state index in [4.69, 9.17) is 4.74 Å². The smallest absolute Gasteiger partial charge is 0.330 e. The van der Waals surface area contributed by atoms with Crippen LogP contribution in [0.1, 0.15) is 46.3 Å². The quantitative estimate of drug-likeness (QED) is 0.206. The fourth-order valence-corrected chi connectivity index (χ4v) is 3.88. The van der Waals surface area contributed by atoms with Crippen LogP contribution in [0.3, 0.4) is 0 Å². The number of carbonyl (C=O) groups excluding carboxylic acids is 3. The average molecular weight is 484 g/mol. The third kappa shape index (κ3) is 3.98. The lowest BCUT2D eigenvalue weighted by Crippen LogP contribution is -2.35. The summed E-state index contributed by atoms with van der Waals surface area (Å²) in [6.07, 6.45) is 1.49. The fourth-order valence-electron chi connectivity index (χ4n) is 3.88. The lowest BCUT2D eigenvalue weighted by molar-refractivity contribution is -0.385. The summed E-state index contributed by atoms with van der Waals surface area (Å²) in [5, 5.41) is 11.2. The lowest BCUT2D eigenvalue weighted by Gasteiger charge is -2.12. The predicted molar refractivity (Wildman–Crippen MR) is 119 cm³/mol. The molecule has 0 spiro atoms. The van der Waals surface area contributed by atoms with Gasteiger partial charge in [0.05, 0.1) is 10.5 Å². The molecule has 14 heteroatoms. The van der Waals surface area contributed by atoms with Gasteiger partial charge in [-0.25, -0.2) is 9.78 Å². The van der Waals surface area contributed by atoms with E-state index < -0.39 is 52.8 Å². The molecular formula is C21H20N6O8. The highest BCUT2D eigenvalue weighted by molar-refractivity contribution is 6.24. The topological polar surface area (TPSA) is 180 Å². The van der Waals surface area contributed by atoms with Gasteiger partial charge in [-0.2, -0.15) is 0 Å². The number of nitrogens with zero attached hydrogens (tertiary/aromatic N) is 5. The monoisotopic (exact) mass is 484 g/mol. The Labute approximate surface area is 195 Å². The van der Waals surface area contributed by atoms with Gasteiger partial charge in [-0.3, -0.25) is 43.7 Å². The number of benzene rings is 1. The molecule has 2 amide bonds. The molecule has 14 nitrogen and oxygen atoms in total. The number of amides is 2. The zero-order valence-corrected chi connectivity index (χ0v) is 18.8. The minimum atomic E-state index is -0.969. The van der Waals surface area contributed by atoms with E-state index >= 15 is 0 Å². The summed E-state index contributed by atoms with van der Waals surface area (Å²) >= 11 is 0. The summed E-state index contributed by atoms with van der Waals surface area (Å²) in [7, 11) is 1.52. The number of ether oxygens (including phenoxy) is 1. The van der Waals surface area contributed by atoms with E-state index in [9.17, 15) is 34.1 Å². The van der Waals surface area contributed by atoms with Crippen molar-refractivity contribution in [2.75, 3.05) is 6.54 Å². The van der Waals surface area contributed by atoms with Crippen LogP contribution in [-0.4, -0.2) is 53.3 Å². The molecule has 3 aromatic rings. The van der Waals surface area contributed by atoms with Crippen LogP contribution in [0, 0.1) is 10.1 Å². The van der Waals surface area contributed by atoms with Crippen LogP contribution in [0.4, 0.5) is 5.69 Å². The third-order valence-electron chi connectivity index (χ3n) is 5.66. The first kappa shape index (κ1) is 23.5. The summed E-state index contributed by atoms with van der Waals surface area (Å²) in [6, 6.07) is 3.64. The Morgan fingerprint density at radius 1 is 1.20 bits per heavy atom. The first-order chi connectivity index (χ1) is 16.6. The molecule has 0 radical (unpaired) electrons. The van der Waals surface area contributed by atoms with Crippen molar-refractivity contribution in [2.24, 2.45) is 7.05 Å². The Hall–Kier alpha value is -4.62. The number of nitrogens with one attached hydrogen (secondary N) is 1. The highest BCUT2D eigenvalue weighted by atomic mass is 16.6. The Bertz CT molecular complexity index is 1510. The molecule has 0 saturated heterocycles. The Morgan fingerprint density at radius 3 is 2.63 bits per heavy atom. The molecule has 1 N–H and O–H groups in total. The van der Waals surface area contributed by atoms with Crippen LogP contribution < -0.4 is 11.2 Å². The maximum Gasteiger partial charge on any atom is 0.330 e. The average Bonchev–Trinajstić information content (AvgIpc) is 3.27. The van der Waals surface area contributed by atoms with E-state index in [-0.39, 0.29) is 28.1 Å². The Kier molecular flexibility index (Phi) is 6.03. The molecule has 0 bridgehead atoms. The molecule has 0 unspecified atom stereocenters. The number of imide groups is 1. The van der Waals surface area contributed by atoms with E-state index in [0.717, 1.165) is 12.5 Å². The maximum atomic E-state index is 12.6. The fraction of sp³-hybridized carbons (Fsp3) is 0.333. The first-order valence-corrected chi connectivity index (χ1v) is 10.6. The number of fused-ring (bicyclic) bond motifs is 2. The summed E-state index contributed by atoms with van der Waals surface area (Å²) in [6.45, 7) is 1.11. The van der Waals surface area contributed by atoms with E-state index in [1.165, 1.54) is 28.3 Å². The molecule has 35 heavy (non-hydrogen) atoms. The number of hydrogen-bond donors (Lipinski definition) is 1. The van der Waals surface area contributed by atoms with Crippen LogP contribution in [0.15, 0.2) is 27.8 Å². The molecule has 1 aliphatic rings. The number of hydrogen-bond acceptors (Lipinski definition) is 9. The van der Waals surface area contributed by atoms with Gasteiger partial charge in [-0.05, 0) is 12.5 Å². The van der Waals surface area contributed by atoms with Crippen molar-refractivity contribution in [1.82, 2.24) is 24.0 Å². The zero-order chi connectivity index (χ0) is 25.4. The van der Waals surface area contributed by atoms with Gasteiger partial charge in [0, 0.05) is 19.7 Å². The van der Waals surface area contributed by atoms with Crippen molar-refractivity contribution >= 4 is 34.6 Å². The summed E-state index contributed by atoms with van der Waals surface area (Å²) in [5.41, 5.74) is -2.05. The van der Waals surface area contributed by atoms with Gasteiger partial charge in [0.25, 0.3) is 23.1 Å². The number of aryl methyl sites for hydroxylation is 2. The summed E-state index contributed by atoms with van der Waals surface area (Å²) < 4.78 is 7.88. The van der Waals surface area contributed by atoms with Crippen LogP contribution in [0.5, 0.6) is 0 Å². The van der Waals surface area contributed by atoms with Gasteiger partial charge in [-0.15, -0.1) is 0 Å². The summed E-state index contributed by atoms with van der Waals surface area (Å²) in [5.74, 6) is -2.62. The molecule has 0 fully saturated rings. The summed E-state index contributed by atoms with van der Waals surface area (Å²) in [4.78, 5) is 79.7. The van der Waals surface area contributed by atoms with E-state index in [0.29, 0.717) is 17.9 Å². The maximum absolute atomic E-state index is 12.6. The second kappa shape index (κ2) is 8.96. The minimum absolute atomic E-state index is 0.124. The Balaban J connectivity index is 1.53. The van der Waals surface area contributed by atoms with Gasteiger partial charge >= 0.3 is 11.7 Å². The molecule has 0 saturated carbocycles. The first-order valence-electron chi connectivity index (χ1n) is 10.6. The SMILES string of the molecule is CCCCn1c(=O)[nH]c(=O)c2c1nc(COC(=O)CN1C(=O)c3cccc([N+](=O)[O-])c3C1=O)n2C. The number of carbonyl (C=O) groups is 3. The number of nitro benzene ring substituents is 1. The van der Waals surface area contributed by atoms with Crippen molar-refractivity contribution in [2.45, 2.75) is 32.9 Å². The number of imidazole rings is 1. The van der Waals surface area contributed by atoms with Crippen molar-refractivity contribution in [1.29, 1.82) is 0 Å². The second-order valence-electron chi connectivity index (χ2n) is 7.84. The number of aromatic amines is 1. The molecule has 2 aromatic heterocycles.